The first kappa shape index (κ1) is 17.5. The van der Waals surface area contributed by atoms with Crippen LogP contribution in [0.15, 0.2) is 47.5 Å². The van der Waals surface area contributed by atoms with Gasteiger partial charge in [-0.1, -0.05) is 23.7 Å². The second kappa shape index (κ2) is 7.70. The Morgan fingerprint density at radius 3 is 2.60 bits per heavy atom. The molecule has 0 unspecified atom stereocenters. The summed E-state index contributed by atoms with van der Waals surface area (Å²) in [4.78, 5) is 16.7. The SMILES string of the molecule is Cc1cc(OCCCCn2cnc3ccccc3c2=O)cc(C)c1Cl. The minimum Gasteiger partial charge on any atom is -0.494 e. The maximum atomic E-state index is 12.4. The summed E-state index contributed by atoms with van der Waals surface area (Å²) in [6.07, 6.45) is 3.34. The van der Waals surface area contributed by atoms with Gasteiger partial charge in [-0.2, -0.15) is 0 Å². The second-order valence-corrected chi connectivity index (χ2v) is 6.56. The molecule has 0 atom stereocenters. The maximum absolute atomic E-state index is 12.4. The Morgan fingerprint density at radius 1 is 1.12 bits per heavy atom. The van der Waals surface area contributed by atoms with Crippen LogP contribution < -0.4 is 10.3 Å². The zero-order chi connectivity index (χ0) is 17.8. The largest absolute Gasteiger partial charge is 0.494 e. The molecule has 0 saturated carbocycles. The molecule has 3 rings (SSSR count). The molecular weight excluding hydrogens is 336 g/mol. The highest BCUT2D eigenvalue weighted by atomic mass is 35.5. The lowest BCUT2D eigenvalue weighted by molar-refractivity contribution is 0.302. The number of halogens is 1. The van der Waals surface area contributed by atoms with Gasteiger partial charge in [0, 0.05) is 11.6 Å². The fourth-order valence-corrected chi connectivity index (χ4v) is 2.94. The van der Waals surface area contributed by atoms with Gasteiger partial charge in [0.2, 0.25) is 0 Å². The average molecular weight is 357 g/mol. The Balaban J connectivity index is 1.54. The summed E-state index contributed by atoms with van der Waals surface area (Å²) in [5.74, 6) is 0.837. The molecule has 1 aromatic heterocycles. The predicted molar refractivity (Wildman–Crippen MR) is 102 cm³/mol. The van der Waals surface area contributed by atoms with E-state index in [1.54, 1.807) is 10.9 Å². The first-order valence-corrected chi connectivity index (χ1v) is 8.78. The highest BCUT2D eigenvalue weighted by Gasteiger charge is 2.05. The molecule has 3 aromatic rings. The molecule has 0 fully saturated rings. The molecule has 0 aliphatic rings. The molecule has 5 heteroatoms. The third kappa shape index (κ3) is 4.02. The molecule has 0 aliphatic carbocycles. The minimum absolute atomic E-state index is 0.00969. The van der Waals surface area contributed by atoms with E-state index < -0.39 is 0 Å². The minimum atomic E-state index is 0.00969. The van der Waals surface area contributed by atoms with Crippen molar-refractivity contribution in [3.05, 3.63) is 69.2 Å². The van der Waals surface area contributed by atoms with E-state index in [4.69, 9.17) is 16.3 Å². The molecule has 2 aromatic carbocycles. The van der Waals surface area contributed by atoms with Gasteiger partial charge < -0.3 is 4.74 Å². The van der Waals surface area contributed by atoms with Gasteiger partial charge in [-0.3, -0.25) is 9.36 Å². The number of fused-ring (bicyclic) bond motifs is 1. The van der Waals surface area contributed by atoms with Crippen molar-refractivity contribution >= 4 is 22.5 Å². The van der Waals surface area contributed by atoms with E-state index in [0.717, 1.165) is 40.3 Å². The standard InChI is InChI=1S/C20H21ClN2O2/c1-14-11-16(12-15(2)19(14)21)25-10-6-5-9-23-13-22-18-8-4-3-7-17(18)20(23)24/h3-4,7-8,11-13H,5-6,9-10H2,1-2H3. The number of nitrogens with zero attached hydrogens (tertiary/aromatic N) is 2. The van der Waals surface area contributed by atoms with E-state index in [2.05, 4.69) is 4.98 Å². The van der Waals surface area contributed by atoms with Crippen molar-refractivity contribution in [3.63, 3.8) is 0 Å². The quantitative estimate of drug-likeness (QED) is 0.610. The molecule has 0 N–H and O–H groups in total. The Hall–Kier alpha value is -2.33. The number of aryl methyl sites for hydroxylation is 3. The van der Waals surface area contributed by atoms with Crippen LogP contribution in [0.25, 0.3) is 10.9 Å². The second-order valence-electron chi connectivity index (χ2n) is 6.19. The zero-order valence-corrected chi connectivity index (χ0v) is 15.2. The van der Waals surface area contributed by atoms with Crippen LogP contribution in [0.1, 0.15) is 24.0 Å². The average Bonchev–Trinajstić information content (AvgIpc) is 2.61. The number of rotatable bonds is 6. The number of benzene rings is 2. The van der Waals surface area contributed by atoms with E-state index in [-0.39, 0.29) is 5.56 Å². The lowest BCUT2D eigenvalue weighted by Crippen LogP contribution is -2.20. The van der Waals surface area contributed by atoms with Gasteiger partial charge in [0.25, 0.3) is 5.56 Å². The summed E-state index contributed by atoms with van der Waals surface area (Å²) in [6, 6.07) is 11.3. The van der Waals surface area contributed by atoms with Crippen LogP contribution in [0.3, 0.4) is 0 Å². The lowest BCUT2D eigenvalue weighted by Gasteiger charge is -2.10. The summed E-state index contributed by atoms with van der Waals surface area (Å²) in [6.45, 7) is 5.19. The molecule has 0 bridgehead atoms. The highest BCUT2D eigenvalue weighted by molar-refractivity contribution is 6.32. The Kier molecular flexibility index (Phi) is 5.39. The van der Waals surface area contributed by atoms with Crippen LogP contribution >= 0.6 is 11.6 Å². The molecule has 1 heterocycles. The molecule has 0 aliphatic heterocycles. The third-order valence-electron chi connectivity index (χ3n) is 4.20. The van der Waals surface area contributed by atoms with Crippen molar-refractivity contribution in [2.45, 2.75) is 33.2 Å². The summed E-state index contributed by atoms with van der Waals surface area (Å²) in [7, 11) is 0. The fourth-order valence-electron chi connectivity index (χ4n) is 2.83. The van der Waals surface area contributed by atoms with Crippen molar-refractivity contribution in [3.8, 4) is 5.75 Å². The first-order valence-electron chi connectivity index (χ1n) is 8.40. The van der Waals surface area contributed by atoms with Gasteiger partial charge in [-0.05, 0) is 62.1 Å². The van der Waals surface area contributed by atoms with Crippen LogP contribution in [0, 0.1) is 13.8 Å². The van der Waals surface area contributed by atoms with Crippen LogP contribution in [0.4, 0.5) is 0 Å². The van der Waals surface area contributed by atoms with Gasteiger partial charge in [-0.25, -0.2) is 4.98 Å². The van der Waals surface area contributed by atoms with Gasteiger partial charge in [0.1, 0.15) is 5.75 Å². The molecular formula is C20H21ClN2O2. The van der Waals surface area contributed by atoms with E-state index >= 15 is 0 Å². The number of para-hydroxylation sites is 1. The normalized spacial score (nSPS) is 11.0. The van der Waals surface area contributed by atoms with Gasteiger partial charge in [0.05, 0.1) is 23.8 Å². The van der Waals surface area contributed by atoms with Crippen molar-refractivity contribution in [1.29, 1.82) is 0 Å². The number of aromatic nitrogens is 2. The molecule has 25 heavy (non-hydrogen) atoms. The topological polar surface area (TPSA) is 44.1 Å². The summed E-state index contributed by atoms with van der Waals surface area (Å²) in [5.41, 5.74) is 2.78. The zero-order valence-electron chi connectivity index (χ0n) is 14.5. The van der Waals surface area contributed by atoms with Crippen molar-refractivity contribution in [2.24, 2.45) is 0 Å². The van der Waals surface area contributed by atoms with Gasteiger partial charge >= 0.3 is 0 Å². The Labute approximate surface area is 152 Å². The maximum Gasteiger partial charge on any atom is 0.261 e. The van der Waals surface area contributed by atoms with Crippen LogP contribution in [0.2, 0.25) is 5.02 Å². The van der Waals surface area contributed by atoms with E-state index in [9.17, 15) is 4.79 Å². The van der Waals surface area contributed by atoms with E-state index in [1.165, 1.54) is 0 Å². The molecule has 0 spiro atoms. The number of unbranched alkanes of at least 4 members (excludes halogenated alkanes) is 1. The third-order valence-corrected chi connectivity index (χ3v) is 4.80. The molecule has 0 amide bonds. The summed E-state index contributed by atoms with van der Waals surface area (Å²) in [5, 5.41) is 1.45. The Morgan fingerprint density at radius 2 is 1.84 bits per heavy atom. The number of hydrogen-bond acceptors (Lipinski definition) is 3. The van der Waals surface area contributed by atoms with Crippen LogP contribution in [0.5, 0.6) is 5.75 Å². The van der Waals surface area contributed by atoms with Crippen molar-refractivity contribution < 1.29 is 4.74 Å². The summed E-state index contributed by atoms with van der Waals surface area (Å²) < 4.78 is 7.47. The highest BCUT2D eigenvalue weighted by Crippen LogP contribution is 2.25. The van der Waals surface area contributed by atoms with Gasteiger partial charge in [-0.15, -0.1) is 0 Å². The number of ether oxygens (including phenoxy) is 1. The summed E-state index contributed by atoms with van der Waals surface area (Å²) >= 11 is 6.16. The van der Waals surface area contributed by atoms with Crippen molar-refractivity contribution in [1.82, 2.24) is 9.55 Å². The van der Waals surface area contributed by atoms with E-state index in [0.29, 0.717) is 18.5 Å². The monoisotopic (exact) mass is 356 g/mol. The molecule has 0 radical (unpaired) electrons. The van der Waals surface area contributed by atoms with E-state index in [1.807, 2.05) is 50.2 Å². The number of hydrogen-bond donors (Lipinski definition) is 0. The van der Waals surface area contributed by atoms with Crippen molar-refractivity contribution in [2.75, 3.05) is 6.61 Å². The lowest BCUT2D eigenvalue weighted by atomic mass is 10.1. The predicted octanol–water partition coefficient (Wildman–Crippen LogP) is 4.53. The van der Waals surface area contributed by atoms with Gasteiger partial charge in [0.15, 0.2) is 0 Å². The van der Waals surface area contributed by atoms with Crippen LogP contribution in [-0.4, -0.2) is 16.2 Å². The first-order chi connectivity index (χ1) is 12.1. The molecule has 130 valence electrons. The Bertz CT molecular complexity index is 927. The molecule has 0 saturated heterocycles. The fraction of sp³-hybridized carbons (Fsp3) is 0.300. The molecule has 4 nitrogen and oxygen atoms in total. The smallest absolute Gasteiger partial charge is 0.261 e. The van der Waals surface area contributed by atoms with Crippen LogP contribution in [-0.2, 0) is 6.54 Å².